The number of nitrogens with zero attached hydrogens (tertiary/aromatic N) is 4. The lowest BCUT2D eigenvalue weighted by atomic mass is 10.3. The molecule has 0 saturated carbocycles. The summed E-state index contributed by atoms with van der Waals surface area (Å²) < 4.78 is 1.82. The Hall–Kier alpha value is -1.91. The highest BCUT2D eigenvalue weighted by atomic mass is 15.3. The van der Waals surface area contributed by atoms with Crippen molar-refractivity contribution in [1.82, 2.24) is 19.7 Å². The predicted octanol–water partition coefficient (Wildman–Crippen LogP) is 1.38. The molecule has 0 bridgehead atoms. The van der Waals surface area contributed by atoms with Crippen molar-refractivity contribution in [3.05, 3.63) is 36.2 Å². The summed E-state index contributed by atoms with van der Waals surface area (Å²) in [7, 11) is 1.93. The zero-order chi connectivity index (χ0) is 11.4. The van der Waals surface area contributed by atoms with Crippen molar-refractivity contribution in [1.29, 1.82) is 0 Å². The second kappa shape index (κ2) is 4.74. The van der Waals surface area contributed by atoms with Gasteiger partial charge >= 0.3 is 0 Å². The Morgan fingerprint density at radius 2 is 2.06 bits per heavy atom. The highest BCUT2D eigenvalue weighted by Crippen LogP contribution is 2.14. The van der Waals surface area contributed by atoms with Gasteiger partial charge in [0.15, 0.2) is 0 Å². The molecule has 84 valence electrons. The van der Waals surface area contributed by atoms with Gasteiger partial charge in [-0.25, -0.2) is 9.97 Å². The van der Waals surface area contributed by atoms with E-state index in [-0.39, 0.29) is 0 Å². The fourth-order valence-electron chi connectivity index (χ4n) is 1.56. The Balaban J connectivity index is 2.04. The molecule has 2 heterocycles. The van der Waals surface area contributed by atoms with Crippen LogP contribution in [-0.2, 0) is 20.0 Å². The third-order valence-corrected chi connectivity index (χ3v) is 2.34. The highest BCUT2D eigenvalue weighted by molar-refractivity contribution is 5.46. The van der Waals surface area contributed by atoms with Crippen LogP contribution in [0.3, 0.4) is 0 Å². The van der Waals surface area contributed by atoms with E-state index in [1.54, 1.807) is 0 Å². The third-order valence-electron chi connectivity index (χ3n) is 2.34. The molecular weight excluding hydrogens is 202 g/mol. The minimum atomic E-state index is 0.722. The largest absolute Gasteiger partial charge is 0.378 e. The number of nitrogens with one attached hydrogen (secondary N) is 1. The average Bonchev–Trinajstić information content (AvgIpc) is 2.68. The highest BCUT2D eigenvalue weighted by Gasteiger charge is 2.04. The van der Waals surface area contributed by atoms with Gasteiger partial charge in [0.2, 0.25) is 0 Å². The first-order valence-corrected chi connectivity index (χ1v) is 5.30. The van der Waals surface area contributed by atoms with E-state index in [4.69, 9.17) is 0 Å². The summed E-state index contributed by atoms with van der Waals surface area (Å²) in [5.41, 5.74) is 3.22. The zero-order valence-corrected chi connectivity index (χ0v) is 9.51. The van der Waals surface area contributed by atoms with E-state index in [2.05, 4.69) is 27.3 Å². The van der Waals surface area contributed by atoms with Crippen LogP contribution in [-0.4, -0.2) is 19.7 Å². The lowest BCUT2D eigenvalue weighted by molar-refractivity contribution is 0.746. The van der Waals surface area contributed by atoms with E-state index < -0.39 is 0 Å². The van der Waals surface area contributed by atoms with Crippen LogP contribution in [0.2, 0.25) is 0 Å². The molecule has 0 aliphatic carbocycles. The molecule has 5 heteroatoms. The quantitative estimate of drug-likeness (QED) is 0.840. The van der Waals surface area contributed by atoms with Crippen LogP contribution >= 0.6 is 0 Å². The van der Waals surface area contributed by atoms with Crippen LogP contribution in [0, 0.1) is 0 Å². The van der Waals surface area contributed by atoms with E-state index in [9.17, 15) is 0 Å². The molecule has 5 nitrogen and oxygen atoms in total. The number of rotatable bonds is 4. The molecule has 0 atom stereocenters. The van der Waals surface area contributed by atoms with E-state index in [1.165, 1.54) is 6.33 Å². The minimum Gasteiger partial charge on any atom is -0.378 e. The summed E-state index contributed by atoms with van der Waals surface area (Å²) in [6, 6.07) is 0. The number of anilines is 1. The molecule has 0 saturated heterocycles. The van der Waals surface area contributed by atoms with E-state index in [1.807, 2.05) is 30.3 Å². The second-order valence-corrected chi connectivity index (χ2v) is 3.62. The van der Waals surface area contributed by atoms with Gasteiger partial charge in [-0.05, 0) is 6.42 Å². The van der Waals surface area contributed by atoms with Crippen molar-refractivity contribution in [3.8, 4) is 0 Å². The first-order chi connectivity index (χ1) is 7.79. The third kappa shape index (κ3) is 2.36. The number of hydrogen-bond acceptors (Lipinski definition) is 4. The lowest BCUT2D eigenvalue weighted by Gasteiger charge is -2.04. The van der Waals surface area contributed by atoms with Crippen LogP contribution in [0.5, 0.6) is 0 Å². The molecular formula is C11H15N5. The maximum atomic E-state index is 4.36. The minimum absolute atomic E-state index is 0.722. The summed E-state index contributed by atoms with van der Waals surface area (Å²) in [5, 5.41) is 7.70. The van der Waals surface area contributed by atoms with Gasteiger partial charge in [-0.15, -0.1) is 0 Å². The van der Waals surface area contributed by atoms with Gasteiger partial charge in [0.05, 0.1) is 11.4 Å². The van der Waals surface area contributed by atoms with Crippen molar-refractivity contribution in [2.75, 3.05) is 5.32 Å². The number of aromatic nitrogens is 4. The van der Waals surface area contributed by atoms with Gasteiger partial charge in [-0.2, -0.15) is 5.10 Å². The molecule has 0 fully saturated rings. The Morgan fingerprint density at radius 3 is 2.75 bits per heavy atom. The molecule has 0 radical (unpaired) electrons. The van der Waals surface area contributed by atoms with Gasteiger partial charge in [0.1, 0.15) is 6.33 Å². The van der Waals surface area contributed by atoms with Crippen LogP contribution in [0.15, 0.2) is 24.9 Å². The molecule has 0 aromatic carbocycles. The SMILES string of the molecule is CCc1nn(C)cc1NCc1cncnc1. The summed E-state index contributed by atoms with van der Waals surface area (Å²) in [5.74, 6) is 0. The van der Waals surface area contributed by atoms with Crippen molar-refractivity contribution in [2.24, 2.45) is 7.05 Å². The van der Waals surface area contributed by atoms with Gasteiger partial charge < -0.3 is 5.32 Å². The van der Waals surface area contributed by atoms with Crippen molar-refractivity contribution in [2.45, 2.75) is 19.9 Å². The molecule has 1 N–H and O–H groups in total. The molecule has 2 rings (SSSR count). The fraction of sp³-hybridized carbons (Fsp3) is 0.364. The maximum Gasteiger partial charge on any atom is 0.115 e. The number of hydrogen-bond donors (Lipinski definition) is 1. The summed E-state index contributed by atoms with van der Waals surface area (Å²) >= 11 is 0. The second-order valence-electron chi connectivity index (χ2n) is 3.62. The van der Waals surface area contributed by atoms with Crippen molar-refractivity contribution >= 4 is 5.69 Å². The fourth-order valence-corrected chi connectivity index (χ4v) is 1.56. The Bertz CT molecular complexity index is 449. The molecule has 0 aliphatic heterocycles. The van der Waals surface area contributed by atoms with Crippen LogP contribution in [0.4, 0.5) is 5.69 Å². The molecule has 0 spiro atoms. The summed E-state index contributed by atoms with van der Waals surface area (Å²) in [4.78, 5) is 7.95. The Morgan fingerprint density at radius 1 is 1.31 bits per heavy atom. The summed E-state index contributed by atoms with van der Waals surface area (Å²) in [6.07, 6.45) is 8.06. The van der Waals surface area contributed by atoms with E-state index in [0.29, 0.717) is 0 Å². The molecule has 0 unspecified atom stereocenters. The maximum absolute atomic E-state index is 4.36. The normalized spacial score (nSPS) is 10.4. The van der Waals surface area contributed by atoms with Crippen LogP contribution < -0.4 is 5.32 Å². The van der Waals surface area contributed by atoms with Crippen molar-refractivity contribution in [3.63, 3.8) is 0 Å². The molecule has 2 aromatic heterocycles. The van der Waals surface area contributed by atoms with Crippen molar-refractivity contribution < 1.29 is 0 Å². The average molecular weight is 217 g/mol. The number of aryl methyl sites for hydroxylation is 2. The first kappa shape index (κ1) is 10.6. The topological polar surface area (TPSA) is 55.6 Å². The molecule has 2 aromatic rings. The predicted molar refractivity (Wildman–Crippen MR) is 61.9 cm³/mol. The molecule has 0 amide bonds. The van der Waals surface area contributed by atoms with E-state index >= 15 is 0 Å². The zero-order valence-electron chi connectivity index (χ0n) is 9.51. The van der Waals surface area contributed by atoms with Gasteiger partial charge in [0.25, 0.3) is 0 Å². The monoisotopic (exact) mass is 217 g/mol. The summed E-state index contributed by atoms with van der Waals surface area (Å²) in [6.45, 7) is 2.82. The first-order valence-electron chi connectivity index (χ1n) is 5.30. The van der Waals surface area contributed by atoms with Crippen LogP contribution in [0.25, 0.3) is 0 Å². The smallest absolute Gasteiger partial charge is 0.115 e. The Labute approximate surface area is 94.5 Å². The molecule has 16 heavy (non-hydrogen) atoms. The van der Waals surface area contributed by atoms with Gasteiger partial charge in [0, 0.05) is 37.7 Å². The Kier molecular flexibility index (Phi) is 3.14. The van der Waals surface area contributed by atoms with Gasteiger partial charge in [-0.3, -0.25) is 4.68 Å². The van der Waals surface area contributed by atoms with Gasteiger partial charge in [-0.1, -0.05) is 6.92 Å². The standard InChI is InChI=1S/C11H15N5/c1-3-10-11(7-16(2)15-10)14-6-9-4-12-8-13-5-9/h4-5,7-8,14H,3,6H2,1-2H3. The lowest BCUT2D eigenvalue weighted by Crippen LogP contribution is -2.01. The van der Waals surface area contributed by atoms with Crippen LogP contribution in [0.1, 0.15) is 18.2 Å². The molecule has 0 aliphatic rings. The van der Waals surface area contributed by atoms with E-state index in [0.717, 1.165) is 29.9 Å².